The van der Waals surface area contributed by atoms with E-state index in [-0.39, 0.29) is 22.8 Å². The van der Waals surface area contributed by atoms with Gasteiger partial charge in [0.25, 0.3) is 12.5 Å². The predicted octanol–water partition coefficient (Wildman–Crippen LogP) is 0.698. The first kappa shape index (κ1) is 18.1. The van der Waals surface area contributed by atoms with Crippen LogP contribution in [0.15, 0.2) is 34.4 Å². The topological polar surface area (TPSA) is 105 Å². The predicted molar refractivity (Wildman–Crippen MR) is 84.2 cm³/mol. The second kappa shape index (κ2) is 7.14. The van der Waals surface area contributed by atoms with Gasteiger partial charge >= 0.3 is 0 Å². The maximum atomic E-state index is 12.7. The van der Waals surface area contributed by atoms with E-state index in [4.69, 9.17) is 0 Å². The quantitative estimate of drug-likeness (QED) is 0.439. The van der Waals surface area contributed by atoms with Crippen LogP contribution in [-0.2, 0) is 19.7 Å². The molecule has 1 aliphatic rings. The molecule has 1 unspecified atom stereocenters. The third kappa shape index (κ3) is 3.65. The van der Waals surface area contributed by atoms with E-state index in [0.717, 1.165) is 5.56 Å². The molecule has 0 N–H and O–H groups in total. The molecule has 0 saturated carbocycles. The van der Waals surface area contributed by atoms with E-state index in [9.17, 15) is 18.4 Å². The Morgan fingerprint density at radius 1 is 1.38 bits per heavy atom. The van der Waals surface area contributed by atoms with Crippen LogP contribution in [0.2, 0.25) is 0 Å². The van der Waals surface area contributed by atoms with Crippen LogP contribution in [0, 0.1) is 12.1 Å². The van der Waals surface area contributed by atoms with Gasteiger partial charge in [-0.1, -0.05) is 17.7 Å². The molecule has 1 heterocycles. The summed E-state index contributed by atoms with van der Waals surface area (Å²) >= 11 is 0. The average molecular weight is 356 g/mol. The minimum Gasteiger partial charge on any atom is -0.597 e. The molecule has 9 nitrogen and oxygen atoms in total. The maximum Gasteiger partial charge on any atom is 0.293 e. The summed E-state index contributed by atoms with van der Waals surface area (Å²) in [5, 5.41) is 14.4. The minimum atomic E-state index is -3.71. The zero-order chi connectivity index (χ0) is 17.9. The van der Waals surface area contributed by atoms with Crippen molar-refractivity contribution in [3.63, 3.8) is 0 Å². The molecule has 1 amide bonds. The first-order valence-electron chi connectivity index (χ1n) is 7.34. The Morgan fingerprint density at radius 3 is 2.58 bits per heavy atom. The van der Waals surface area contributed by atoms with Gasteiger partial charge in [-0.3, -0.25) is 4.79 Å². The molecular formula is C14H20N4O5S. The third-order valence-corrected chi connectivity index (χ3v) is 5.79. The van der Waals surface area contributed by atoms with E-state index in [0.29, 0.717) is 0 Å². The molecule has 0 aliphatic carbocycles. The van der Waals surface area contributed by atoms with Gasteiger partial charge in [-0.25, -0.2) is 8.42 Å². The van der Waals surface area contributed by atoms with Gasteiger partial charge in [-0.15, -0.1) is 0 Å². The van der Waals surface area contributed by atoms with Crippen molar-refractivity contribution in [2.45, 2.75) is 24.9 Å². The van der Waals surface area contributed by atoms with E-state index in [2.05, 4.69) is 10.1 Å². The summed E-state index contributed by atoms with van der Waals surface area (Å²) in [5.74, 6) is -0.514. The summed E-state index contributed by atoms with van der Waals surface area (Å²) in [7, 11) is -2.51. The summed E-state index contributed by atoms with van der Waals surface area (Å²) in [6.07, 6.45) is -0.681. The van der Waals surface area contributed by atoms with Crippen LogP contribution in [-0.4, -0.2) is 61.3 Å². The van der Waals surface area contributed by atoms with Gasteiger partial charge in [0.1, 0.15) is 7.11 Å². The van der Waals surface area contributed by atoms with Crippen molar-refractivity contribution in [3.8, 4) is 0 Å². The first-order valence-corrected chi connectivity index (χ1v) is 8.78. The Morgan fingerprint density at radius 2 is 2.00 bits per heavy atom. The monoisotopic (exact) mass is 356 g/mol. The minimum absolute atomic E-state index is 0.117. The highest BCUT2D eigenvalue weighted by Gasteiger charge is 2.40. The Kier molecular flexibility index (Phi) is 5.40. The van der Waals surface area contributed by atoms with E-state index in [1.165, 1.54) is 16.3 Å². The number of hydrogen-bond acceptors (Lipinski definition) is 6. The second-order valence-electron chi connectivity index (χ2n) is 5.42. The number of carbonyl (C=O) groups excluding carboxylic acids is 1. The number of carbonyl (C=O) groups is 1. The maximum absolute atomic E-state index is 12.7. The average Bonchev–Trinajstić information content (AvgIpc) is 2.90. The molecular weight excluding hydrogens is 336 g/mol. The number of benzene rings is 1. The standard InChI is InChI=1S/C14H20N4O5S/c1-11-4-6-13(7-5-11)24(21,22)17-9-8-16(12(17)2)14(19)10-18(20)15-23-3/h4-7,12H,8-10H2,1-3H3/b18-15-. The normalized spacial score (nSPS) is 19.5. The van der Waals surface area contributed by atoms with E-state index < -0.39 is 28.6 Å². The molecule has 1 aromatic carbocycles. The molecule has 132 valence electrons. The highest BCUT2D eigenvalue weighted by Crippen LogP contribution is 2.24. The molecule has 1 aliphatic heterocycles. The van der Waals surface area contributed by atoms with Crippen molar-refractivity contribution < 1.29 is 22.9 Å². The number of sulfonamides is 1. The number of rotatable bonds is 5. The fourth-order valence-electron chi connectivity index (χ4n) is 2.56. The summed E-state index contributed by atoms with van der Waals surface area (Å²) in [6, 6.07) is 6.52. The fourth-order valence-corrected chi connectivity index (χ4v) is 4.15. The van der Waals surface area contributed by atoms with Crippen molar-refractivity contribution in [2.75, 3.05) is 26.7 Å². The second-order valence-corrected chi connectivity index (χ2v) is 7.31. The molecule has 1 fully saturated rings. The summed E-state index contributed by atoms with van der Waals surface area (Å²) < 4.78 is 26.7. The molecule has 1 atom stereocenters. The number of amides is 1. The van der Waals surface area contributed by atoms with Crippen LogP contribution in [0.25, 0.3) is 0 Å². The molecule has 10 heteroatoms. The Labute approximate surface area is 140 Å². The summed E-state index contributed by atoms with van der Waals surface area (Å²) in [5.41, 5.74) is 0.956. The fraction of sp³-hybridized carbons (Fsp3) is 0.500. The van der Waals surface area contributed by atoms with Gasteiger partial charge in [-0.2, -0.15) is 4.31 Å². The van der Waals surface area contributed by atoms with Crippen molar-refractivity contribution in [2.24, 2.45) is 5.28 Å². The molecule has 0 radical (unpaired) electrons. The molecule has 0 bridgehead atoms. The van der Waals surface area contributed by atoms with Crippen molar-refractivity contribution >= 4 is 15.9 Å². The lowest BCUT2D eigenvalue weighted by molar-refractivity contribution is -0.547. The molecule has 0 aromatic heterocycles. The number of aryl methyl sites for hydroxylation is 1. The number of hydroxylamine groups is 1. The van der Waals surface area contributed by atoms with Crippen molar-refractivity contribution in [1.29, 1.82) is 0 Å². The van der Waals surface area contributed by atoms with Crippen LogP contribution >= 0.6 is 0 Å². The number of nitrogens with zero attached hydrogens (tertiary/aromatic N) is 4. The van der Waals surface area contributed by atoms with Crippen molar-refractivity contribution in [3.05, 3.63) is 35.0 Å². The van der Waals surface area contributed by atoms with Crippen LogP contribution in [0.4, 0.5) is 0 Å². The summed E-state index contributed by atoms with van der Waals surface area (Å²) in [6.45, 7) is 3.33. The molecule has 0 spiro atoms. The number of hydrogen-bond donors (Lipinski definition) is 0. The SMILES string of the molecule is CO/N=[N+](\[O-])CC(=O)N1CCN(S(=O)(=O)c2ccc(C)cc2)C1C. The molecule has 24 heavy (non-hydrogen) atoms. The van der Waals surface area contributed by atoms with Gasteiger partial charge in [0.05, 0.1) is 11.1 Å². The summed E-state index contributed by atoms with van der Waals surface area (Å²) in [4.78, 5) is 18.1. The van der Waals surface area contributed by atoms with Gasteiger partial charge in [0.15, 0.2) is 5.28 Å². The van der Waals surface area contributed by atoms with Gasteiger partial charge in [0, 0.05) is 13.1 Å². The van der Waals surface area contributed by atoms with Gasteiger partial charge in [0.2, 0.25) is 10.0 Å². The third-order valence-electron chi connectivity index (χ3n) is 3.82. The first-order chi connectivity index (χ1) is 11.3. The zero-order valence-corrected chi connectivity index (χ0v) is 14.6. The zero-order valence-electron chi connectivity index (χ0n) is 13.7. The van der Waals surface area contributed by atoms with E-state index in [1.807, 2.05) is 6.92 Å². The molecule has 1 saturated heterocycles. The van der Waals surface area contributed by atoms with Crippen molar-refractivity contribution in [1.82, 2.24) is 9.21 Å². The largest absolute Gasteiger partial charge is 0.597 e. The smallest absolute Gasteiger partial charge is 0.293 e. The highest BCUT2D eigenvalue weighted by atomic mass is 32.2. The van der Waals surface area contributed by atoms with Crippen LogP contribution in [0.1, 0.15) is 12.5 Å². The highest BCUT2D eigenvalue weighted by molar-refractivity contribution is 7.89. The lowest BCUT2D eigenvalue weighted by Crippen LogP contribution is -2.44. The van der Waals surface area contributed by atoms with Crippen LogP contribution in [0.3, 0.4) is 0 Å². The Balaban J connectivity index is 2.16. The van der Waals surface area contributed by atoms with Crippen LogP contribution in [0.5, 0.6) is 0 Å². The Hall–Kier alpha value is -2.20. The van der Waals surface area contributed by atoms with E-state index in [1.54, 1.807) is 31.2 Å². The van der Waals surface area contributed by atoms with Gasteiger partial charge in [-0.05, 0) is 30.8 Å². The van der Waals surface area contributed by atoms with Crippen LogP contribution < -0.4 is 0 Å². The Bertz CT molecular complexity index is 732. The molecule has 1 aromatic rings. The lowest BCUT2D eigenvalue weighted by atomic mass is 10.2. The van der Waals surface area contributed by atoms with Gasteiger partial charge < -0.3 is 14.9 Å². The van der Waals surface area contributed by atoms with E-state index >= 15 is 0 Å². The molecule has 2 rings (SSSR count). The lowest BCUT2D eigenvalue weighted by Gasteiger charge is -2.25.